The van der Waals surface area contributed by atoms with Crippen molar-refractivity contribution in [2.75, 3.05) is 0 Å². The number of non-ortho nitro benzene ring substituents is 1. The van der Waals surface area contributed by atoms with Crippen LogP contribution in [0.25, 0.3) is 0 Å². The smallest absolute Gasteiger partial charge is 1.00 e. The number of nitro groups is 1. The van der Waals surface area contributed by atoms with Crippen molar-refractivity contribution in [1.82, 2.24) is 0 Å². The van der Waals surface area contributed by atoms with E-state index in [1.165, 1.54) is 13.0 Å². The van der Waals surface area contributed by atoms with Crippen molar-refractivity contribution in [3.8, 4) is 11.5 Å². The van der Waals surface area contributed by atoms with Crippen molar-refractivity contribution in [1.29, 1.82) is 0 Å². The minimum atomic E-state index is -0.633. The summed E-state index contributed by atoms with van der Waals surface area (Å²) in [6, 6.07) is 2.09. The molecule has 0 aromatic heterocycles. The van der Waals surface area contributed by atoms with Gasteiger partial charge in [0.15, 0.2) is 11.5 Å². The molecule has 0 unspecified atom stereocenters. The maximum atomic E-state index is 10.2. The summed E-state index contributed by atoms with van der Waals surface area (Å²) in [4.78, 5) is 9.60. The van der Waals surface area contributed by atoms with Crippen molar-refractivity contribution >= 4 is 5.69 Å². The zero-order valence-corrected chi connectivity index (χ0v) is 9.31. The number of rotatable bonds is 1. The van der Waals surface area contributed by atoms with E-state index in [2.05, 4.69) is 0 Å². The van der Waals surface area contributed by atoms with Gasteiger partial charge >= 0.3 is 29.6 Å². The predicted octanol–water partition coefficient (Wildman–Crippen LogP) is -1.57. The molecule has 0 spiro atoms. The summed E-state index contributed by atoms with van der Waals surface area (Å²) < 4.78 is 0. The second kappa shape index (κ2) is 4.45. The molecule has 0 amide bonds. The van der Waals surface area contributed by atoms with E-state index in [0.717, 1.165) is 6.07 Å². The third kappa shape index (κ3) is 2.58. The molecular formula is C7H8NNaO4. The molecule has 2 N–H and O–H groups in total. The van der Waals surface area contributed by atoms with E-state index in [4.69, 9.17) is 10.2 Å². The monoisotopic (exact) mass is 193 g/mol. The zero-order chi connectivity index (χ0) is 9.30. The van der Waals surface area contributed by atoms with E-state index < -0.39 is 10.7 Å². The SMILES string of the molecule is Cc1cc([N+](=O)[O-])cc(O)c1O.[H-].[Na+]. The first kappa shape index (κ1) is 12.2. The summed E-state index contributed by atoms with van der Waals surface area (Å²) in [5, 5.41) is 28.2. The van der Waals surface area contributed by atoms with Gasteiger partial charge in [-0.05, 0) is 6.92 Å². The molecule has 0 aliphatic rings. The standard InChI is InChI=1S/C7H7NO4.Na.H/c1-4-2-5(8(11)12)3-6(9)7(4)10;;/h2-3,9-10H,1H3;;/q;+1;-1. The summed E-state index contributed by atoms with van der Waals surface area (Å²) in [6.45, 7) is 1.47. The Morgan fingerprint density at radius 3 is 2.38 bits per heavy atom. The number of phenols is 2. The first-order valence-electron chi connectivity index (χ1n) is 3.19. The van der Waals surface area contributed by atoms with Crippen LogP contribution in [-0.4, -0.2) is 15.1 Å². The van der Waals surface area contributed by atoms with Crippen LogP contribution in [0.5, 0.6) is 11.5 Å². The molecule has 0 saturated carbocycles. The molecule has 1 aromatic carbocycles. The third-order valence-corrected chi connectivity index (χ3v) is 1.48. The molecule has 5 nitrogen and oxygen atoms in total. The van der Waals surface area contributed by atoms with Crippen LogP contribution < -0.4 is 29.6 Å². The van der Waals surface area contributed by atoms with Gasteiger partial charge in [-0.2, -0.15) is 0 Å². The van der Waals surface area contributed by atoms with Gasteiger partial charge in [-0.25, -0.2) is 0 Å². The fraction of sp³-hybridized carbons (Fsp3) is 0.143. The zero-order valence-electron chi connectivity index (χ0n) is 8.31. The first-order chi connectivity index (χ1) is 5.52. The normalized spacial score (nSPS) is 9.00. The molecule has 0 heterocycles. The molecule has 0 aliphatic carbocycles. The minimum absolute atomic E-state index is 0. The number of benzene rings is 1. The maximum Gasteiger partial charge on any atom is 1.00 e. The number of nitrogens with zero attached hydrogens (tertiary/aromatic N) is 1. The number of hydrogen-bond donors (Lipinski definition) is 2. The summed E-state index contributed by atoms with van der Waals surface area (Å²) in [6.07, 6.45) is 0. The Labute approximate surface area is 97.9 Å². The number of hydrogen-bond acceptors (Lipinski definition) is 4. The van der Waals surface area contributed by atoms with E-state index in [0.29, 0.717) is 0 Å². The molecule has 13 heavy (non-hydrogen) atoms. The van der Waals surface area contributed by atoms with Crippen LogP contribution in [0.15, 0.2) is 12.1 Å². The topological polar surface area (TPSA) is 83.6 Å². The van der Waals surface area contributed by atoms with Crippen molar-refractivity contribution in [2.24, 2.45) is 0 Å². The summed E-state index contributed by atoms with van der Waals surface area (Å²) >= 11 is 0. The van der Waals surface area contributed by atoms with E-state index in [1.54, 1.807) is 0 Å². The summed E-state index contributed by atoms with van der Waals surface area (Å²) in [5.41, 5.74) is 0.0458. The Morgan fingerprint density at radius 1 is 1.46 bits per heavy atom. The molecule has 0 fully saturated rings. The molecule has 0 aliphatic heterocycles. The number of aromatic hydroxyl groups is 2. The molecule has 66 valence electrons. The number of phenolic OH excluding ortho intramolecular Hbond substituents is 2. The maximum absolute atomic E-state index is 10.2. The largest absolute Gasteiger partial charge is 1.00 e. The van der Waals surface area contributed by atoms with Gasteiger partial charge in [0.1, 0.15) is 0 Å². The van der Waals surface area contributed by atoms with Gasteiger partial charge in [-0.15, -0.1) is 0 Å². The van der Waals surface area contributed by atoms with Crippen molar-refractivity contribution in [3.05, 3.63) is 27.8 Å². The van der Waals surface area contributed by atoms with Gasteiger partial charge in [0.05, 0.1) is 11.0 Å². The molecular weight excluding hydrogens is 185 g/mol. The first-order valence-corrected chi connectivity index (χ1v) is 3.19. The van der Waals surface area contributed by atoms with Crippen LogP contribution in [0, 0.1) is 17.0 Å². The quantitative estimate of drug-likeness (QED) is 0.244. The summed E-state index contributed by atoms with van der Waals surface area (Å²) in [7, 11) is 0. The van der Waals surface area contributed by atoms with Gasteiger partial charge in [0.2, 0.25) is 0 Å². The molecule has 0 bridgehead atoms. The van der Waals surface area contributed by atoms with Crippen molar-refractivity contribution in [3.63, 3.8) is 0 Å². The van der Waals surface area contributed by atoms with Crippen LogP contribution in [-0.2, 0) is 0 Å². The van der Waals surface area contributed by atoms with E-state index >= 15 is 0 Å². The van der Waals surface area contributed by atoms with Crippen LogP contribution in [0.2, 0.25) is 0 Å². The van der Waals surface area contributed by atoms with Gasteiger partial charge in [-0.3, -0.25) is 10.1 Å². The Bertz CT molecular complexity index is 321. The van der Waals surface area contributed by atoms with E-state index in [-0.39, 0.29) is 48.0 Å². The van der Waals surface area contributed by atoms with Crippen molar-refractivity contribution < 1.29 is 46.1 Å². The van der Waals surface area contributed by atoms with Crippen LogP contribution in [0.1, 0.15) is 6.99 Å². The van der Waals surface area contributed by atoms with Gasteiger partial charge in [-0.1, -0.05) is 0 Å². The number of aryl methyl sites for hydroxylation is 1. The molecule has 6 heteroatoms. The molecule has 0 radical (unpaired) electrons. The Balaban J connectivity index is 0. The molecule has 0 atom stereocenters. The Morgan fingerprint density at radius 2 is 2.00 bits per heavy atom. The van der Waals surface area contributed by atoms with Gasteiger partial charge < -0.3 is 11.6 Å². The summed E-state index contributed by atoms with van der Waals surface area (Å²) in [5.74, 6) is -0.790. The fourth-order valence-corrected chi connectivity index (χ4v) is 0.848. The van der Waals surface area contributed by atoms with E-state index in [9.17, 15) is 10.1 Å². The van der Waals surface area contributed by atoms with E-state index in [1.807, 2.05) is 0 Å². The van der Waals surface area contributed by atoms with Crippen LogP contribution >= 0.6 is 0 Å². The molecule has 1 rings (SSSR count). The Hall–Kier alpha value is -0.780. The minimum Gasteiger partial charge on any atom is -1.00 e. The molecule has 0 saturated heterocycles. The van der Waals surface area contributed by atoms with Crippen LogP contribution in [0.3, 0.4) is 0 Å². The van der Waals surface area contributed by atoms with Crippen LogP contribution in [0.4, 0.5) is 5.69 Å². The van der Waals surface area contributed by atoms with Gasteiger partial charge in [0, 0.05) is 11.6 Å². The van der Waals surface area contributed by atoms with Gasteiger partial charge in [0.25, 0.3) is 5.69 Å². The second-order valence-electron chi connectivity index (χ2n) is 2.39. The van der Waals surface area contributed by atoms with Crippen molar-refractivity contribution in [2.45, 2.75) is 6.92 Å². The fourth-order valence-electron chi connectivity index (χ4n) is 0.848. The second-order valence-corrected chi connectivity index (χ2v) is 2.39. The predicted molar refractivity (Wildman–Crippen MR) is 42.3 cm³/mol. The Kier molecular flexibility index (Phi) is 4.19. The average molecular weight is 193 g/mol. The average Bonchev–Trinajstić information content (AvgIpc) is 1.99. The number of nitro benzene ring substituents is 1. The molecule has 1 aromatic rings. The third-order valence-electron chi connectivity index (χ3n) is 1.48.